The zero-order valence-electron chi connectivity index (χ0n) is 10.6. The van der Waals surface area contributed by atoms with Gasteiger partial charge in [-0.05, 0) is 13.3 Å². The zero-order chi connectivity index (χ0) is 13.1. The van der Waals surface area contributed by atoms with Crippen LogP contribution in [0.4, 0.5) is 4.79 Å². The SMILES string of the molecule is CC1COC(=O)O1.CCCCCCCC(=O)O. The molecule has 1 unspecified atom stereocenters. The van der Waals surface area contributed by atoms with E-state index in [0.717, 1.165) is 12.8 Å². The van der Waals surface area contributed by atoms with E-state index in [9.17, 15) is 9.59 Å². The van der Waals surface area contributed by atoms with Crippen LogP contribution in [-0.4, -0.2) is 29.9 Å². The molecule has 1 saturated heterocycles. The lowest BCUT2D eigenvalue weighted by atomic mass is 10.1. The normalized spacial score (nSPS) is 17.8. The van der Waals surface area contributed by atoms with E-state index in [4.69, 9.17) is 5.11 Å². The predicted octanol–water partition coefficient (Wildman–Crippen LogP) is 2.97. The monoisotopic (exact) mass is 246 g/mol. The summed E-state index contributed by atoms with van der Waals surface area (Å²) in [5, 5.41) is 8.27. The zero-order valence-corrected chi connectivity index (χ0v) is 10.6. The number of rotatable bonds is 6. The second kappa shape index (κ2) is 9.93. The molecule has 1 fully saturated rings. The summed E-state index contributed by atoms with van der Waals surface area (Å²) in [5.41, 5.74) is 0. The molecule has 0 amide bonds. The minimum absolute atomic E-state index is 0.0486. The van der Waals surface area contributed by atoms with E-state index in [0.29, 0.717) is 13.0 Å². The Bertz CT molecular complexity index is 227. The minimum Gasteiger partial charge on any atom is -0.481 e. The fourth-order valence-corrected chi connectivity index (χ4v) is 1.30. The van der Waals surface area contributed by atoms with Crippen molar-refractivity contribution in [1.82, 2.24) is 0 Å². The van der Waals surface area contributed by atoms with Crippen LogP contribution in [-0.2, 0) is 14.3 Å². The van der Waals surface area contributed by atoms with E-state index in [1.807, 2.05) is 0 Å². The van der Waals surface area contributed by atoms with Gasteiger partial charge in [-0.25, -0.2) is 4.79 Å². The molecule has 0 radical (unpaired) electrons. The Hall–Kier alpha value is -1.26. The summed E-state index contributed by atoms with van der Waals surface area (Å²) in [7, 11) is 0. The van der Waals surface area contributed by atoms with Gasteiger partial charge < -0.3 is 14.6 Å². The Kier molecular flexibility index (Phi) is 9.19. The van der Waals surface area contributed by atoms with Crippen molar-refractivity contribution < 1.29 is 24.2 Å². The molecule has 100 valence electrons. The lowest BCUT2D eigenvalue weighted by Gasteiger charge is -1.95. The third-order valence-electron chi connectivity index (χ3n) is 2.23. The number of carboxylic acids is 1. The smallest absolute Gasteiger partial charge is 0.481 e. The van der Waals surface area contributed by atoms with Gasteiger partial charge in [0.1, 0.15) is 12.7 Å². The summed E-state index contributed by atoms with van der Waals surface area (Å²) in [6.45, 7) is 4.33. The number of hydrogen-bond donors (Lipinski definition) is 1. The van der Waals surface area contributed by atoms with Gasteiger partial charge in [0.15, 0.2) is 0 Å². The predicted molar refractivity (Wildman–Crippen MR) is 62.9 cm³/mol. The molecular formula is C12H22O5. The molecule has 0 aromatic heterocycles. The van der Waals surface area contributed by atoms with Crippen molar-refractivity contribution in [3.8, 4) is 0 Å². The lowest BCUT2D eigenvalue weighted by molar-refractivity contribution is -0.137. The van der Waals surface area contributed by atoms with E-state index in [1.165, 1.54) is 19.3 Å². The highest BCUT2D eigenvalue weighted by atomic mass is 16.8. The van der Waals surface area contributed by atoms with E-state index in [2.05, 4.69) is 16.4 Å². The third kappa shape index (κ3) is 11.0. The number of carbonyl (C=O) groups is 2. The van der Waals surface area contributed by atoms with E-state index < -0.39 is 12.1 Å². The minimum atomic E-state index is -0.670. The quantitative estimate of drug-likeness (QED) is 0.576. The van der Waals surface area contributed by atoms with E-state index in [-0.39, 0.29) is 6.10 Å². The average molecular weight is 246 g/mol. The first kappa shape index (κ1) is 15.7. The van der Waals surface area contributed by atoms with Crippen LogP contribution in [0.25, 0.3) is 0 Å². The highest BCUT2D eigenvalue weighted by Gasteiger charge is 2.19. The van der Waals surface area contributed by atoms with Crippen LogP contribution in [0.2, 0.25) is 0 Å². The molecule has 5 heteroatoms. The summed E-state index contributed by atoms with van der Waals surface area (Å²) >= 11 is 0. The molecule has 1 N–H and O–H groups in total. The molecule has 1 aliphatic rings. The first-order valence-electron chi connectivity index (χ1n) is 6.11. The Morgan fingerprint density at radius 2 is 2.00 bits per heavy atom. The van der Waals surface area contributed by atoms with Crippen molar-refractivity contribution in [3.63, 3.8) is 0 Å². The van der Waals surface area contributed by atoms with Gasteiger partial charge >= 0.3 is 12.1 Å². The number of aliphatic carboxylic acids is 1. The Morgan fingerprint density at radius 1 is 1.35 bits per heavy atom. The van der Waals surface area contributed by atoms with Crippen LogP contribution in [0, 0.1) is 0 Å². The summed E-state index contributed by atoms with van der Waals surface area (Å²) in [4.78, 5) is 20.0. The van der Waals surface area contributed by atoms with Crippen molar-refractivity contribution in [3.05, 3.63) is 0 Å². The van der Waals surface area contributed by atoms with Crippen molar-refractivity contribution in [2.75, 3.05) is 6.61 Å². The van der Waals surface area contributed by atoms with Gasteiger partial charge in [0.05, 0.1) is 0 Å². The van der Waals surface area contributed by atoms with Gasteiger partial charge in [-0.3, -0.25) is 4.79 Å². The fraction of sp³-hybridized carbons (Fsp3) is 0.833. The summed E-state index contributed by atoms with van der Waals surface area (Å²) in [6, 6.07) is 0. The van der Waals surface area contributed by atoms with Crippen LogP contribution < -0.4 is 0 Å². The number of unbranched alkanes of at least 4 members (excludes halogenated alkanes) is 4. The molecule has 1 atom stereocenters. The molecule has 0 aromatic carbocycles. The maximum atomic E-state index is 10.0. The van der Waals surface area contributed by atoms with Gasteiger partial charge in [-0.1, -0.05) is 32.6 Å². The Labute approximate surface area is 102 Å². The second-order valence-electron chi connectivity index (χ2n) is 4.05. The van der Waals surface area contributed by atoms with Crippen molar-refractivity contribution in [2.45, 2.75) is 58.5 Å². The molecule has 1 heterocycles. The van der Waals surface area contributed by atoms with Crippen LogP contribution >= 0.6 is 0 Å². The first-order valence-corrected chi connectivity index (χ1v) is 6.11. The van der Waals surface area contributed by atoms with Crippen LogP contribution in [0.5, 0.6) is 0 Å². The molecular weight excluding hydrogens is 224 g/mol. The molecule has 0 aliphatic carbocycles. The van der Waals surface area contributed by atoms with Crippen LogP contribution in [0.15, 0.2) is 0 Å². The van der Waals surface area contributed by atoms with Crippen molar-refractivity contribution in [2.24, 2.45) is 0 Å². The summed E-state index contributed by atoms with van der Waals surface area (Å²) in [6.07, 6.45) is 5.29. The Morgan fingerprint density at radius 3 is 2.35 bits per heavy atom. The molecule has 5 nitrogen and oxygen atoms in total. The van der Waals surface area contributed by atoms with E-state index in [1.54, 1.807) is 6.92 Å². The fourth-order valence-electron chi connectivity index (χ4n) is 1.30. The molecule has 0 bridgehead atoms. The van der Waals surface area contributed by atoms with Crippen LogP contribution in [0.1, 0.15) is 52.4 Å². The van der Waals surface area contributed by atoms with Gasteiger partial charge in [0, 0.05) is 6.42 Å². The number of carbonyl (C=O) groups excluding carboxylic acids is 1. The molecule has 0 aromatic rings. The highest BCUT2D eigenvalue weighted by Crippen LogP contribution is 2.04. The van der Waals surface area contributed by atoms with Crippen molar-refractivity contribution in [1.29, 1.82) is 0 Å². The standard InChI is InChI=1S/C8H16O2.C4H6O3/c1-2-3-4-5-6-7-8(9)10;1-3-2-6-4(5)7-3/h2-7H2,1H3,(H,9,10);3H,2H2,1H3. The number of ether oxygens (including phenoxy) is 2. The lowest BCUT2D eigenvalue weighted by Crippen LogP contribution is -2.01. The van der Waals surface area contributed by atoms with Crippen molar-refractivity contribution >= 4 is 12.1 Å². The van der Waals surface area contributed by atoms with E-state index >= 15 is 0 Å². The number of carboxylic acid groups (broad SMARTS) is 1. The van der Waals surface area contributed by atoms with Gasteiger partial charge in [0.2, 0.25) is 0 Å². The van der Waals surface area contributed by atoms with Gasteiger partial charge in [-0.15, -0.1) is 0 Å². The molecule has 1 rings (SSSR count). The molecule has 1 aliphatic heterocycles. The number of hydrogen-bond acceptors (Lipinski definition) is 4. The van der Waals surface area contributed by atoms with Gasteiger partial charge in [0.25, 0.3) is 0 Å². The van der Waals surface area contributed by atoms with Gasteiger partial charge in [-0.2, -0.15) is 0 Å². The average Bonchev–Trinajstić information content (AvgIpc) is 2.63. The highest BCUT2D eigenvalue weighted by molar-refractivity contribution is 5.66. The molecule has 17 heavy (non-hydrogen) atoms. The summed E-state index contributed by atoms with van der Waals surface area (Å²) < 4.78 is 8.90. The van der Waals surface area contributed by atoms with Crippen LogP contribution in [0.3, 0.4) is 0 Å². The third-order valence-corrected chi connectivity index (χ3v) is 2.23. The molecule has 0 saturated carbocycles. The Balaban J connectivity index is 0.000000318. The molecule has 0 spiro atoms. The first-order chi connectivity index (χ1) is 8.06. The number of cyclic esters (lactones) is 2. The topological polar surface area (TPSA) is 72.8 Å². The maximum Gasteiger partial charge on any atom is 0.508 e. The largest absolute Gasteiger partial charge is 0.508 e. The second-order valence-corrected chi connectivity index (χ2v) is 4.05. The maximum absolute atomic E-state index is 10.0. The summed E-state index contributed by atoms with van der Waals surface area (Å²) in [5.74, 6) is -0.670.